The minimum Gasteiger partial charge on any atom is -0.492 e. The molecule has 10 nitrogen and oxygen atoms in total. The maximum absolute atomic E-state index is 13.0. The molecule has 1 aliphatic heterocycles. The van der Waals surface area contributed by atoms with E-state index in [1.165, 1.54) is 4.57 Å². The first-order chi connectivity index (χ1) is 17.0. The van der Waals surface area contributed by atoms with Crippen LogP contribution in [0.3, 0.4) is 0 Å². The highest BCUT2D eigenvalue weighted by Crippen LogP contribution is 2.39. The van der Waals surface area contributed by atoms with Gasteiger partial charge in [-0.1, -0.05) is 29.4 Å². The fraction of sp³-hybridized carbons (Fsp3) is 0.400. The van der Waals surface area contributed by atoms with E-state index in [9.17, 15) is 9.59 Å². The zero-order valence-electron chi connectivity index (χ0n) is 20.2. The molecule has 0 spiro atoms. The highest BCUT2D eigenvalue weighted by Gasteiger charge is 2.22. The number of hydrogen-bond donors (Lipinski definition) is 1. The Hall–Kier alpha value is -3.79. The molecule has 3 aromatic rings. The van der Waals surface area contributed by atoms with Crippen LogP contribution in [0.5, 0.6) is 11.5 Å². The monoisotopic (exact) mass is 482 g/mol. The fourth-order valence-electron chi connectivity index (χ4n) is 4.00. The topological polar surface area (TPSA) is 108 Å². The van der Waals surface area contributed by atoms with Crippen molar-refractivity contribution < 1.29 is 23.5 Å². The van der Waals surface area contributed by atoms with Gasteiger partial charge in [-0.25, -0.2) is 9.36 Å². The van der Waals surface area contributed by atoms with Crippen molar-refractivity contribution in [1.82, 2.24) is 9.72 Å². The second-order valence-electron chi connectivity index (χ2n) is 8.00. The molecule has 10 heteroatoms. The van der Waals surface area contributed by atoms with Gasteiger partial charge in [0, 0.05) is 30.8 Å². The number of aryl methyl sites for hydroxylation is 1. The molecule has 1 N–H and O–H groups in total. The van der Waals surface area contributed by atoms with Gasteiger partial charge in [-0.05, 0) is 26.3 Å². The van der Waals surface area contributed by atoms with E-state index in [4.69, 9.17) is 18.7 Å². The first-order valence-electron chi connectivity index (χ1n) is 11.7. The molecule has 0 bridgehead atoms. The SMILES string of the molecule is CCOc1cc(N2CCOCC2)c(OCC)cc1NC(=O)Cn1c(-c2ccccc2C)noc1=O. The van der Waals surface area contributed by atoms with E-state index in [0.29, 0.717) is 49.4 Å². The standard InChI is InChI=1S/C25H30N4O6/c1-4-33-21-15-20(28-10-12-32-13-11-28)22(34-5-2)14-19(21)26-23(30)16-29-24(27-35-25(29)31)18-9-7-6-8-17(18)3/h6-9,14-15H,4-5,10-13,16H2,1-3H3,(H,26,30). The van der Waals surface area contributed by atoms with Gasteiger partial charge in [-0.15, -0.1) is 0 Å². The molecule has 0 aliphatic carbocycles. The maximum Gasteiger partial charge on any atom is 0.442 e. The maximum atomic E-state index is 13.0. The Morgan fingerprint density at radius 3 is 2.51 bits per heavy atom. The van der Waals surface area contributed by atoms with Gasteiger partial charge in [-0.2, -0.15) is 0 Å². The van der Waals surface area contributed by atoms with Gasteiger partial charge in [0.1, 0.15) is 18.0 Å². The zero-order valence-corrected chi connectivity index (χ0v) is 20.2. The fourth-order valence-corrected chi connectivity index (χ4v) is 4.00. The Morgan fingerprint density at radius 2 is 1.80 bits per heavy atom. The number of amides is 1. The quantitative estimate of drug-likeness (QED) is 0.496. The Morgan fingerprint density at radius 1 is 1.09 bits per heavy atom. The average molecular weight is 483 g/mol. The highest BCUT2D eigenvalue weighted by molar-refractivity contribution is 5.93. The van der Waals surface area contributed by atoms with Gasteiger partial charge in [0.05, 0.1) is 37.8 Å². The van der Waals surface area contributed by atoms with Gasteiger partial charge in [0.25, 0.3) is 0 Å². The number of carbonyl (C=O) groups is 1. The van der Waals surface area contributed by atoms with Crippen LogP contribution in [0.15, 0.2) is 45.7 Å². The molecule has 186 valence electrons. The zero-order chi connectivity index (χ0) is 24.8. The highest BCUT2D eigenvalue weighted by atomic mass is 16.5. The van der Waals surface area contributed by atoms with Crippen LogP contribution in [0.4, 0.5) is 11.4 Å². The number of benzene rings is 2. The van der Waals surface area contributed by atoms with E-state index >= 15 is 0 Å². The van der Waals surface area contributed by atoms with E-state index in [1.54, 1.807) is 6.07 Å². The van der Waals surface area contributed by atoms with Crippen molar-refractivity contribution in [3.05, 3.63) is 52.5 Å². The number of morpholine rings is 1. The Labute approximate surface area is 203 Å². The number of nitrogens with one attached hydrogen (secondary N) is 1. The minimum atomic E-state index is -0.707. The van der Waals surface area contributed by atoms with Gasteiger partial charge in [0.2, 0.25) is 5.91 Å². The summed E-state index contributed by atoms with van der Waals surface area (Å²) in [5.74, 6) is 0.318. The third-order valence-electron chi connectivity index (χ3n) is 5.66. The molecule has 1 saturated heterocycles. The number of carbonyl (C=O) groups excluding carboxylic acids is 1. The molecular weight excluding hydrogens is 452 g/mol. The molecule has 35 heavy (non-hydrogen) atoms. The molecule has 1 aliphatic rings. The third kappa shape index (κ3) is 5.48. The van der Waals surface area contributed by atoms with Crippen molar-refractivity contribution in [1.29, 1.82) is 0 Å². The summed E-state index contributed by atoms with van der Waals surface area (Å²) in [5, 5.41) is 6.76. The first kappa shape index (κ1) is 24.3. The summed E-state index contributed by atoms with van der Waals surface area (Å²) in [6.45, 7) is 9.02. The predicted molar refractivity (Wildman–Crippen MR) is 131 cm³/mol. The number of anilines is 2. The molecule has 0 unspecified atom stereocenters. The van der Waals surface area contributed by atoms with Crippen molar-refractivity contribution in [2.24, 2.45) is 0 Å². The van der Waals surface area contributed by atoms with Gasteiger partial charge in [-0.3, -0.25) is 9.32 Å². The molecule has 0 radical (unpaired) electrons. The molecule has 1 aromatic heterocycles. The lowest BCUT2D eigenvalue weighted by molar-refractivity contribution is -0.116. The molecule has 2 aromatic carbocycles. The van der Waals surface area contributed by atoms with E-state index in [0.717, 1.165) is 29.9 Å². The lowest BCUT2D eigenvalue weighted by Gasteiger charge is -2.31. The van der Waals surface area contributed by atoms with Crippen molar-refractivity contribution in [2.75, 3.05) is 49.7 Å². The van der Waals surface area contributed by atoms with Gasteiger partial charge < -0.3 is 24.4 Å². The van der Waals surface area contributed by atoms with Crippen LogP contribution in [-0.4, -0.2) is 55.1 Å². The number of hydrogen-bond acceptors (Lipinski definition) is 8. The average Bonchev–Trinajstić information content (AvgIpc) is 3.21. The lowest BCUT2D eigenvalue weighted by Crippen LogP contribution is -2.36. The summed E-state index contributed by atoms with van der Waals surface area (Å²) in [4.78, 5) is 27.6. The summed E-state index contributed by atoms with van der Waals surface area (Å²) < 4.78 is 23.3. The predicted octanol–water partition coefficient (Wildman–Crippen LogP) is 3.08. The van der Waals surface area contributed by atoms with Crippen LogP contribution in [0.1, 0.15) is 19.4 Å². The van der Waals surface area contributed by atoms with Crippen molar-refractivity contribution in [3.8, 4) is 22.9 Å². The van der Waals surface area contributed by atoms with E-state index in [1.807, 2.05) is 51.1 Å². The number of ether oxygens (including phenoxy) is 3. The lowest BCUT2D eigenvalue weighted by atomic mass is 10.1. The van der Waals surface area contributed by atoms with Crippen LogP contribution >= 0.6 is 0 Å². The largest absolute Gasteiger partial charge is 0.492 e. The molecule has 4 rings (SSSR count). The molecule has 1 fully saturated rings. The normalized spacial score (nSPS) is 13.5. The smallest absolute Gasteiger partial charge is 0.442 e. The summed E-state index contributed by atoms with van der Waals surface area (Å²) in [7, 11) is 0. The number of aromatic nitrogens is 2. The van der Waals surface area contributed by atoms with E-state index < -0.39 is 11.7 Å². The molecule has 1 amide bonds. The Kier molecular flexibility index (Phi) is 7.71. The summed E-state index contributed by atoms with van der Waals surface area (Å²) in [6.07, 6.45) is 0. The molecule has 0 atom stereocenters. The van der Waals surface area contributed by atoms with Gasteiger partial charge >= 0.3 is 5.76 Å². The second kappa shape index (κ2) is 11.1. The van der Waals surface area contributed by atoms with E-state index in [-0.39, 0.29) is 6.54 Å². The third-order valence-corrected chi connectivity index (χ3v) is 5.66. The summed E-state index contributed by atoms with van der Waals surface area (Å²) in [5.41, 5.74) is 2.97. The van der Waals surface area contributed by atoms with Crippen LogP contribution in [0.25, 0.3) is 11.4 Å². The van der Waals surface area contributed by atoms with Crippen LogP contribution in [-0.2, 0) is 16.1 Å². The van der Waals surface area contributed by atoms with Crippen LogP contribution in [0.2, 0.25) is 0 Å². The van der Waals surface area contributed by atoms with Crippen molar-refractivity contribution in [2.45, 2.75) is 27.3 Å². The summed E-state index contributed by atoms with van der Waals surface area (Å²) in [6, 6.07) is 11.1. The van der Waals surface area contributed by atoms with Crippen molar-refractivity contribution in [3.63, 3.8) is 0 Å². The van der Waals surface area contributed by atoms with Crippen LogP contribution < -0.4 is 25.4 Å². The van der Waals surface area contributed by atoms with Gasteiger partial charge in [0.15, 0.2) is 5.82 Å². The molecular formula is C25H30N4O6. The Bertz CT molecular complexity index is 1230. The molecule has 2 heterocycles. The Balaban J connectivity index is 1.62. The molecule has 0 saturated carbocycles. The number of rotatable bonds is 9. The first-order valence-corrected chi connectivity index (χ1v) is 11.7. The van der Waals surface area contributed by atoms with Crippen molar-refractivity contribution >= 4 is 17.3 Å². The minimum absolute atomic E-state index is 0.271. The summed E-state index contributed by atoms with van der Waals surface area (Å²) >= 11 is 0. The number of nitrogens with zero attached hydrogens (tertiary/aromatic N) is 3. The van der Waals surface area contributed by atoms with E-state index in [2.05, 4.69) is 15.4 Å². The second-order valence-corrected chi connectivity index (χ2v) is 8.00. The van der Waals surface area contributed by atoms with Crippen LogP contribution in [0, 0.1) is 6.92 Å².